The molecule has 17 heavy (non-hydrogen) atoms. The van der Waals surface area contributed by atoms with Gasteiger partial charge < -0.3 is 5.11 Å². The van der Waals surface area contributed by atoms with E-state index in [9.17, 15) is 15.2 Å². The number of fused-ring (bicyclic) bond motifs is 3. The normalized spacial score (nSPS) is 11.1. The van der Waals surface area contributed by atoms with E-state index in [0.717, 1.165) is 10.1 Å². The highest BCUT2D eigenvalue weighted by Crippen LogP contribution is 2.43. The van der Waals surface area contributed by atoms with Crippen molar-refractivity contribution < 1.29 is 10.0 Å². The minimum atomic E-state index is -0.416. The monoisotopic (exact) mass is 245 g/mol. The molecule has 5 heteroatoms. The second kappa shape index (κ2) is 3.43. The lowest BCUT2D eigenvalue weighted by Gasteiger charge is -1.97. The van der Waals surface area contributed by atoms with Crippen molar-refractivity contribution >= 4 is 37.2 Å². The van der Waals surface area contributed by atoms with Crippen molar-refractivity contribution in [3.63, 3.8) is 0 Å². The number of nitrogens with zero attached hydrogens (tertiary/aromatic N) is 1. The molecule has 0 spiro atoms. The van der Waals surface area contributed by atoms with E-state index in [4.69, 9.17) is 0 Å². The van der Waals surface area contributed by atoms with Crippen LogP contribution >= 0.6 is 11.3 Å². The van der Waals surface area contributed by atoms with E-state index in [1.54, 1.807) is 0 Å². The van der Waals surface area contributed by atoms with Gasteiger partial charge in [-0.25, -0.2) is 0 Å². The third-order valence-corrected chi connectivity index (χ3v) is 3.87. The summed E-state index contributed by atoms with van der Waals surface area (Å²) in [6, 6.07) is 10.2. The van der Waals surface area contributed by atoms with Gasteiger partial charge in [0, 0.05) is 16.2 Å². The van der Waals surface area contributed by atoms with Gasteiger partial charge in [-0.1, -0.05) is 18.2 Å². The van der Waals surface area contributed by atoms with E-state index < -0.39 is 4.92 Å². The molecule has 0 aliphatic rings. The van der Waals surface area contributed by atoms with Gasteiger partial charge in [0.15, 0.2) is 0 Å². The number of thiophene rings is 1. The number of aromatic hydroxyl groups is 1. The quantitative estimate of drug-likeness (QED) is 0.525. The first kappa shape index (κ1) is 10.0. The number of phenolic OH excluding ortho intramolecular Hbond substituents is 1. The fraction of sp³-hybridized carbons (Fsp3) is 0. The first-order chi connectivity index (χ1) is 8.18. The van der Waals surface area contributed by atoms with Crippen LogP contribution in [0.4, 0.5) is 5.69 Å². The molecule has 4 nitrogen and oxygen atoms in total. The average Bonchev–Trinajstić information content (AvgIpc) is 2.69. The number of hydrogen-bond acceptors (Lipinski definition) is 4. The van der Waals surface area contributed by atoms with Crippen molar-refractivity contribution in [2.45, 2.75) is 0 Å². The molecule has 0 aliphatic carbocycles. The number of nitro groups is 1. The van der Waals surface area contributed by atoms with Gasteiger partial charge in [-0.3, -0.25) is 10.1 Å². The van der Waals surface area contributed by atoms with Crippen LogP contribution in [0.5, 0.6) is 5.75 Å². The molecule has 0 fully saturated rings. The number of non-ortho nitro benzene ring substituents is 1. The van der Waals surface area contributed by atoms with E-state index in [-0.39, 0.29) is 11.4 Å². The van der Waals surface area contributed by atoms with Crippen molar-refractivity contribution in [1.29, 1.82) is 0 Å². The fourth-order valence-electron chi connectivity index (χ4n) is 1.95. The van der Waals surface area contributed by atoms with Crippen LogP contribution in [0.2, 0.25) is 0 Å². The molecule has 0 bridgehead atoms. The molecule has 1 N–H and O–H groups in total. The van der Waals surface area contributed by atoms with Crippen LogP contribution < -0.4 is 0 Å². The van der Waals surface area contributed by atoms with E-state index in [2.05, 4.69) is 0 Å². The second-order valence-corrected chi connectivity index (χ2v) is 4.72. The van der Waals surface area contributed by atoms with Gasteiger partial charge in [0.25, 0.3) is 5.69 Å². The first-order valence-corrected chi connectivity index (χ1v) is 5.78. The van der Waals surface area contributed by atoms with Crippen molar-refractivity contribution in [3.05, 3.63) is 46.5 Å². The largest absolute Gasteiger partial charge is 0.506 e. The van der Waals surface area contributed by atoms with Gasteiger partial charge in [-0.2, -0.15) is 0 Å². The molecule has 0 saturated carbocycles. The zero-order valence-corrected chi connectivity index (χ0v) is 9.40. The third-order valence-electron chi connectivity index (χ3n) is 2.68. The number of nitro benzene ring substituents is 1. The smallest absolute Gasteiger partial charge is 0.278 e. The summed E-state index contributed by atoms with van der Waals surface area (Å²) < 4.78 is 1.51. The van der Waals surface area contributed by atoms with Crippen molar-refractivity contribution in [2.24, 2.45) is 0 Å². The molecule has 0 radical (unpaired) electrons. The lowest BCUT2D eigenvalue weighted by atomic mass is 10.1. The molecule has 3 rings (SSSR count). The lowest BCUT2D eigenvalue weighted by Crippen LogP contribution is -1.87. The Morgan fingerprint density at radius 3 is 2.71 bits per heavy atom. The Morgan fingerprint density at radius 2 is 1.94 bits per heavy atom. The topological polar surface area (TPSA) is 63.4 Å². The van der Waals surface area contributed by atoms with Crippen LogP contribution in [0.25, 0.3) is 20.2 Å². The molecule has 0 saturated heterocycles. The fourth-order valence-corrected chi connectivity index (χ4v) is 3.08. The second-order valence-electron chi connectivity index (χ2n) is 3.66. The summed E-state index contributed by atoms with van der Waals surface area (Å²) in [5.74, 6) is 0.0896. The molecule has 84 valence electrons. The van der Waals surface area contributed by atoms with Gasteiger partial charge >= 0.3 is 0 Å². The minimum Gasteiger partial charge on any atom is -0.506 e. The summed E-state index contributed by atoms with van der Waals surface area (Å²) >= 11 is 1.37. The summed E-state index contributed by atoms with van der Waals surface area (Å²) in [5.41, 5.74) is 0.0373. The summed E-state index contributed by atoms with van der Waals surface area (Å²) in [6.07, 6.45) is 0. The zero-order chi connectivity index (χ0) is 12.0. The van der Waals surface area contributed by atoms with Crippen LogP contribution in [0.3, 0.4) is 0 Å². The van der Waals surface area contributed by atoms with Gasteiger partial charge in [0.1, 0.15) is 5.75 Å². The maximum atomic E-state index is 11.0. The molecular weight excluding hydrogens is 238 g/mol. The standard InChI is InChI=1S/C12H7NO3S/c14-9-6-5-8(13(15)16)11-7-3-1-2-4-10(7)17-12(9)11/h1-6,14H. The highest BCUT2D eigenvalue weighted by atomic mass is 32.1. The maximum Gasteiger partial charge on any atom is 0.278 e. The van der Waals surface area contributed by atoms with Crippen molar-refractivity contribution in [3.8, 4) is 5.75 Å². The van der Waals surface area contributed by atoms with Crippen molar-refractivity contribution in [2.75, 3.05) is 0 Å². The Morgan fingerprint density at radius 1 is 1.18 bits per heavy atom. The van der Waals surface area contributed by atoms with Gasteiger partial charge in [-0.15, -0.1) is 11.3 Å². The van der Waals surface area contributed by atoms with Crippen LogP contribution in [0.1, 0.15) is 0 Å². The summed E-state index contributed by atoms with van der Waals surface area (Å²) in [5, 5.41) is 22.1. The molecule has 0 atom stereocenters. The average molecular weight is 245 g/mol. The molecule has 0 aliphatic heterocycles. The molecule has 0 unspecified atom stereocenters. The van der Waals surface area contributed by atoms with Crippen LogP contribution in [-0.2, 0) is 0 Å². The van der Waals surface area contributed by atoms with E-state index in [0.29, 0.717) is 10.1 Å². The highest BCUT2D eigenvalue weighted by molar-refractivity contribution is 7.26. The molecule has 1 aromatic heterocycles. The van der Waals surface area contributed by atoms with E-state index in [1.165, 1.54) is 23.5 Å². The van der Waals surface area contributed by atoms with Crippen LogP contribution in [0, 0.1) is 10.1 Å². The summed E-state index contributed by atoms with van der Waals surface area (Å²) in [7, 11) is 0. The van der Waals surface area contributed by atoms with Gasteiger partial charge in [0.05, 0.1) is 15.0 Å². The summed E-state index contributed by atoms with van der Waals surface area (Å²) in [4.78, 5) is 10.6. The lowest BCUT2D eigenvalue weighted by molar-refractivity contribution is -0.383. The Bertz CT molecular complexity index is 748. The molecular formula is C12H7NO3S. The Hall–Kier alpha value is -2.14. The first-order valence-electron chi connectivity index (χ1n) is 4.96. The number of benzene rings is 2. The molecule has 1 heterocycles. The zero-order valence-electron chi connectivity index (χ0n) is 8.58. The Kier molecular flexibility index (Phi) is 2.02. The molecule has 3 aromatic rings. The maximum absolute atomic E-state index is 11.0. The van der Waals surface area contributed by atoms with Crippen molar-refractivity contribution in [1.82, 2.24) is 0 Å². The predicted octanol–water partition coefficient (Wildman–Crippen LogP) is 3.67. The Labute approximate surface area is 99.9 Å². The van der Waals surface area contributed by atoms with Crippen LogP contribution in [-0.4, -0.2) is 10.0 Å². The van der Waals surface area contributed by atoms with Gasteiger partial charge in [-0.05, 0) is 12.1 Å². The predicted molar refractivity (Wildman–Crippen MR) is 67.7 cm³/mol. The minimum absolute atomic E-state index is 0.0373. The number of phenols is 1. The highest BCUT2D eigenvalue weighted by Gasteiger charge is 2.19. The molecule has 2 aromatic carbocycles. The third kappa shape index (κ3) is 1.36. The Balaban J connectivity index is 2.60. The van der Waals surface area contributed by atoms with E-state index >= 15 is 0 Å². The summed E-state index contributed by atoms with van der Waals surface area (Å²) in [6.45, 7) is 0. The van der Waals surface area contributed by atoms with Gasteiger partial charge in [0.2, 0.25) is 0 Å². The number of hydrogen-bond donors (Lipinski definition) is 1. The molecule has 0 amide bonds. The SMILES string of the molecule is O=[N+]([O-])c1ccc(O)c2sc3ccccc3c12. The van der Waals surface area contributed by atoms with Crippen LogP contribution in [0.15, 0.2) is 36.4 Å². The number of rotatable bonds is 1. The van der Waals surface area contributed by atoms with E-state index in [1.807, 2.05) is 24.3 Å².